The minimum Gasteiger partial charge on any atom is -0.393 e. The number of rotatable bonds is 5. The lowest BCUT2D eigenvalue weighted by molar-refractivity contribution is 0.0338. The van der Waals surface area contributed by atoms with Gasteiger partial charge in [0.1, 0.15) is 0 Å². The van der Waals surface area contributed by atoms with E-state index >= 15 is 0 Å². The van der Waals surface area contributed by atoms with E-state index in [0.717, 1.165) is 39.1 Å². The van der Waals surface area contributed by atoms with Crippen LogP contribution in [0, 0.1) is 5.92 Å². The third-order valence-corrected chi connectivity index (χ3v) is 3.02. The fourth-order valence-corrected chi connectivity index (χ4v) is 2.00. The van der Waals surface area contributed by atoms with E-state index in [1.165, 1.54) is 6.42 Å². The quantitative estimate of drug-likeness (QED) is 0.676. The van der Waals surface area contributed by atoms with Gasteiger partial charge in [-0.3, -0.25) is 0 Å². The predicted octanol–water partition coefficient (Wildman–Crippen LogP) is 1.12. The highest BCUT2D eigenvalue weighted by Gasteiger charge is 2.23. The lowest BCUT2D eigenvalue weighted by Crippen LogP contribution is -2.42. The number of aliphatic hydroxyl groups excluding tert-OH is 1. The van der Waals surface area contributed by atoms with Crippen molar-refractivity contribution in [2.75, 3.05) is 33.4 Å². The maximum atomic E-state index is 9.56. The van der Waals surface area contributed by atoms with Crippen LogP contribution in [-0.2, 0) is 4.74 Å². The standard InChI is InChI=1S/C11H23NO2/c1-10-9-12(7-5-11(10)13)6-3-4-8-14-2/h10-11,13H,3-9H2,1-2H3. The summed E-state index contributed by atoms with van der Waals surface area (Å²) in [4.78, 5) is 2.45. The van der Waals surface area contributed by atoms with Crippen LogP contribution in [0.1, 0.15) is 26.2 Å². The maximum Gasteiger partial charge on any atom is 0.0590 e. The molecular weight excluding hydrogens is 178 g/mol. The second kappa shape index (κ2) is 6.38. The molecule has 1 aliphatic heterocycles. The monoisotopic (exact) mass is 201 g/mol. The Balaban J connectivity index is 2.07. The highest BCUT2D eigenvalue weighted by molar-refractivity contribution is 4.76. The number of nitrogens with zero attached hydrogens (tertiary/aromatic N) is 1. The number of piperidine rings is 1. The molecule has 14 heavy (non-hydrogen) atoms. The Morgan fingerprint density at radius 3 is 2.86 bits per heavy atom. The van der Waals surface area contributed by atoms with Gasteiger partial charge in [0.15, 0.2) is 0 Å². The van der Waals surface area contributed by atoms with Crippen LogP contribution in [0.3, 0.4) is 0 Å². The zero-order chi connectivity index (χ0) is 10.4. The zero-order valence-corrected chi connectivity index (χ0v) is 9.41. The summed E-state index contributed by atoms with van der Waals surface area (Å²) in [7, 11) is 1.75. The molecule has 0 amide bonds. The lowest BCUT2D eigenvalue weighted by Gasteiger charge is -2.34. The smallest absolute Gasteiger partial charge is 0.0590 e. The van der Waals surface area contributed by atoms with Crippen molar-refractivity contribution in [3.63, 3.8) is 0 Å². The molecule has 1 heterocycles. The van der Waals surface area contributed by atoms with Gasteiger partial charge in [-0.05, 0) is 31.7 Å². The molecule has 3 heteroatoms. The van der Waals surface area contributed by atoms with Crippen molar-refractivity contribution in [2.45, 2.75) is 32.3 Å². The van der Waals surface area contributed by atoms with Gasteiger partial charge in [0.2, 0.25) is 0 Å². The molecule has 0 saturated carbocycles. The number of hydrogen-bond donors (Lipinski definition) is 1. The lowest BCUT2D eigenvalue weighted by atomic mass is 9.96. The number of methoxy groups -OCH3 is 1. The first kappa shape index (κ1) is 12.0. The van der Waals surface area contributed by atoms with Crippen LogP contribution >= 0.6 is 0 Å². The fourth-order valence-electron chi connectivity index (χ4n) is 2.00. The molecule has 1 rings (SSSR count). The number of ether oxygens (including phenoxy) is 1. The second-order valence-corrected chi connectivity index (χ2v) is 4.33. The molecule has 0 aromatic rings. The molecule has 1 saturated heterocycles. The van der Waals surface area contributed by atoms with Crippen molar-refractivity contribution in [1.82, 2.24) is 4.90 Å². The van der Waals surface area contributed by atoms with Gasteiger partial charge < -0.3 is 14.7 Å². The Morgan fingerprint density at radius 2 is 2.21 bits per heavy atom. The van der Waals surface area contributed by atoms with Crippen molar-refractivity contribution in [3.05, 3.63) is 0 Å². The van der Waals surface area contributed by atoms with Gasteiger partial charge in [0.05, 0.1) is 6.10 Å². The van der Waals surface area contributed by atoms with E-state index in [4.69, 9.17) is 4.74 Å². The van der Waals surface area contributed by atoms with Gasteiger partial charge in [-0.1, -0.05) is 6.92 Å². The van der Waals surface area contributed by atoms with Gasteiger partial charge in [0.25, 0.3) is 0 Å². The molecule has 0 bridgehead atoms. The molecular formula is C11H23NO2. The van der Waals surface area contributed by atoms with E-state index in [0.29, 0.717) is 5.92 Å². The second-order valence-electron chi connectivity index (χ2n) is 4.33. The normalized spacial score (nSPS) is 29.4. The van der Waals surface area contributed by atoms with Crippen LogP contribution in [0.25, 0.3) is 0 Å². The average molecular weight is 201 g/mol. The highest BCUT2D eigenvalue weighted by atomic mass is 16.5. The van der Waals surface area contributed by atoms with Gasteiger partial charge in [-0.15, -0.1) is 0 Å². The number of hydrogen-bond acceptors (Lipinski definition) is 3. The SMILES string of the molecule is COCCCCN1CCC(O)C(C)C1. The number of aliphatic hydroxyl groups is 1. The molecule has 0 spiro atoms. The van der Waals surface area contributed by atoms with E-state index in [-0.39, 0.29) is 6.10 Å². The summed E-state index contributed by atoms with van der Waals surface area (Å²) in [5.74, 6) is 0.436. The van der Waals surface area contributed by atoms with Crippen LogP contribution in [0.4, 0.5) is 0 Å². The Kier molecular flexibility index (Phi) is 5.45. The largest absolute Gasteiger partial charge is 0.393 e. The molecule has 2 unspecified atom stereocenters. The third-order valence-electron chi connectivity index (χ3n) is 3.02. The first-order valence-corrected chi connectivity index (χ1v) is 5.63. The van der Waals surface area contributed by atoms with Crippen LogP contribution in [0.5, 0.6) is 0 Å². The topological polar surface area (TPSA) is 32.7 Å². The summed E-state index contributed by atoms with van der Waals surface area (Å²) in [6.45, 7) is 6.26. The highest BCUT2D eigenvalue weighted by Crippen LogP contribution is 2.16. The summed E-state index contributed by atoms with van der Waals surface area (Å²) >= 11 is 0. The Hall–Kier alpha value is -0.120. The molecule has 3 nitrogen and oxygen atoms in total. The Bertz CT molecular complexity index is 152. The number of unbranched alkanes of at least 4 members (excludes halogenated alkanes) is 1. The fraction of sp³-hybridized carbons (Fsp3) is 1.00. The zero-order valence-electron chi connectivity index (χ0n) is 9.41. The van der Waals surface area contributed by atoms with E-state index in [9.17, 15) is 5.11 Å². The van der Waals surface area contributed by atoms with Crippen LogP contribution in [0.2, 0.25) is 0 Å². The molecule has 0 aromatic heterocycles. The Morgan fingerprint density at radius 1 is 1.43 bits per heavy atom. The van der Waals surface area contributed by atoms with Gasteiger partial charge >= 0.3 is 0 Å². The minimum atomic E-state index is -0.0785. The molecule has 1 aliphatic rings. The summed E-state index contributed by atoms with van der Waals surface area (Å²) < 4.78 is 5.01. The maximum absolute atomic E-state index is 9.56. The molecule has 0 aromatic carbocycles. The summed E-state index contributed by atoms with van der Waals surface area (Å²) in [6.07, 6.45) is 3.21. The molecule has 0 aliphatic carbocycles. The first-order valence-electron chi connectivity index (χ1n) is 5.63. The van der Waals surface area contributed by atoms with Gasteiger partial charge in [-0.2, -0.15) is 0 Å². The van der Waals surface area contributed by atoms with Crippen molar-refractivity contribution in [2.24, 2.45) is 5.92 Å². The summed E-state index contributed by atoms with van der Waals surface area (Å²) in [5, 5.41) is 9.56. The first-order chi connectivity index (χ1) is 6.74. The molecule has 2 atom stereocenters. The molecule has 1 N–H and O–H groups in total. The van der Waals surface area contributed by atoms with Crippen molar-refractivity contribution < 1.29 is 9.84 Å². The van der Waals surface area contributed by atoms with Crippen LogP contribution in [0.15, 0.2) is 0 Å². The van der Waals surface area contributed by atoms with Crippen molar-refractivity contribution in [1.29, 1.82) is 0 Å². The Labute approximate surface area is 87.1 Å². The van der Waals surface area contributed by atoms with Crippen LogP contribution in [-0.4, -0.2) is 49.5 Å². The third kappa shape index (κ3) is 3.95. The number of likely N-dealkylation sites (tertiary alicyclic amines) is 1. The van der Waals surface area contributed by atoms with Crippen molar-refractivity contribution >= 4 is 0 Å². The summed E-state index contributed by atoms with van der Waals surface area (Å²) in [5.41, 5.74) is 0. The van der Waals surface area contributed by atoms with E-state index < -0.39 is 0 Å². The summed E-state index contributed by atoms with van der Waals surface area (Å²) in [6, 6.07) is 0. The van der Waals surface area contributed by atoms with Gasteiger partial charge in [0, 0.05) is 26.8 Å². The van der Waals surface area contributed by atoms with Crippen molar-refractivity contribution in [3.8, 4) is 0 Å². The van der Waals surface area contributed by atoms with E-state index in [1.54, 1.807) is 7.11 Å². The van der Waals surface area contributed by atoms with Crippen LogP contribution < -0.4 is 0 Å². The predicted molar refractivity (Wildman–Crippen MR) is 57.3 cm³/mol. The van der Waals surface area contributed by atoms with E-state index in [2.05, 4.69) is 11.8 Å². The average Bonchev–Trinajstić information content (AvgIpc) is 2.18. The molecule has 1 fully saturated rings. The van der Waals surface area contributed by atoms with E-state index in [1.807, 2.05) is 0 Å². The molecule has 84 valence electrons. The molecule has 0 radical (unpaired) electrons. The van der Waals surface area contributed by atoms with Gasteiger partial charge in [-0.25, -0.2) is 0 Å². The minimum absolute atomic E-state index is 0.0785.